The van der Waals surface area contributed by atoms with Crippen molar-refractivity contribution in [3.63, 3.8) is 0 Å². The van der Waals surface area contributed by atoms with Gasteiger partial charge >= 0.3 is 0 Å². The molecule has 0 radical (unpaired) electrons. The molecular formula is C17H23NO4S. The second kappa shape index (κ2) is 9.35. The van der Waals surface area contributed by atoms with Gasteiger partial charge in [-0.3, -0.25) is 14.4 Å². The first-order valence-electron chi connectivity index (χ1n) is 7.44. The van der Waals surface area contributed by atoms with Crippen LogP contribution in [0.5, 0.6) is 5.75 Å². The van der Waals surface area contributed by atoms with Gasteiger partial charge in [0.2, 0.25) is 5.91 Å². The van der Waals surface area contributed by atoms with E-state index in [1.807, 2.05) is 13.8 Å². The Labute approximate surface area is 141 Å². The lowest BCUT2D eigenvalue weighted by Crippen LogP contribution is -2.42. The van der Waals surface area contributed by atoms with Crippen molar-refractivity contribution in [2.45, 2.75) is 33.2 Å². The van der Waals surface area contributed by atoms with E-state index in [2.05, 4.69) is 5.32 Å². The maximum Gasteiger partial charge on any atom is 0.231 e. The van der Waals surface area contributed by atoms with Crippen LogP contribution in [0.2, 0.25) is 0 Å². The van der Waals surface area contributed by atoms with Crippen LogP contribution in [0.4, 0.5) is 0 Å². The number of carbonyl (C=O) groups excluding carboxylic acids is 3. The summed E-state index contributed by atoms with van der Waals surface area (Å²) < 4.78 is 5.08. The lowest BCUT2D eigenvalue weighted by molar-refractivity contribution is -0.119. The van der Waals surface area contributed by atoms with Gasteiger partial charge in [-0.05, 0) is 36.6 Å². The number of amides is 1. The van der Waals surface area contributed by atoms with E-state index in [1.165, 1.54) is 6.92 Å². The molecule has 1 aromatic carbocycles. The van der Waals surface area contributed by atoms with Crippen LogP contribution in [0, 0.1) is 5.92 Å². The second-order valence-corrected chi connectivity index (χ2v) is 6.77. The minimum absolute atomic E-state index is 0.0276. The highest BCUT2D eigenvalue weighted by atomic mass is 32.2. The highest BCUT2D eigenvalue weighted by Gasteiger charge is 2.23. The minimum Gasteiger partial charge on any atom is -0.497 e. The molecule has 23 heavy (non-hydrogen) atoms. The van der Waals surface area contributed by atoms with E-state index in [0.717, 1.165) is 11.8 Å². The highest BCUT2D eigenvalue weighted by Crippen LogP contribution is 2.16. The van der Waals surface area contributed by atoms with Crippen LogP contribution >= 0.6 is 11.8 Å². The highest BCUT2D eigenvalue weighted by molar-refractivity contribution is 8.14. The second-order valence-electron chi connectivity index (χ2n) is 5.62. The zero-order valence-electron chi connectivity index (χ0n) is 13.9. The molecule has 0 aliphatic rings. The molecule has 0 bridgehead atoms. The number of rotatable bonds is 8. The standard InChI is InChI=1S/C17H23NO4S/c1-11(2)9-15(18-16(20)10-23-12(3)19)17(21)13-5-7-14(22-4)8-6-13/h5-8,11,15H,9-10H2,1-4H3,(H,18,20)/t15-/m1/s1. The predicted molar refractivity (Wildman–Crippen MR) is 91.8 cm³/mol. The quantitative estimate of drug-likeness (QED) is 0.738. The Morgan fingerprint density at radius 3 is 2.26 bits per heavy atom. The summed E-state index contributed by atoms with van der Waals surface area (Å²) in [5.74, 6) is 0.506. The molecule has 0 unspecified atom stereocenters. The summed E-state index contributed by atoms with van der Waals surface area (Å²) >= 11 is 0.934. The van der Waals surface area contributed by atoms with Crippen molar-refractivity contribution >= 4 is 28.6 Å². The number of nitrogens with one attached hydrogen (secondary N) is 1. The fourth-order valence-electron chi connectivity index (χ4n) is 2.06. The molecule has 6 heteroatoms. The Hall–Kier alpha value is -1.82. The molecule has 1 atom stereocenters. The van der Waals surface area contributed by atoms with Crippen molar-refractivity contribution in [1.82, 2.24) is 5.32 Å². The molecule has 1 N–H and O–H groups in total. The van der Waals surface area contributed by atoms with Crippen LogP contribution < -0.4 is 10.1 Å². The Balaban J connectivity index is 2.80. The number of thioether (sulfide) groups is 1. The Kier molecular flexibility index (Phi) is 7.81. The van der Waals surface area contributed by atoms with Gasteiger partial charge in [-0.2, -0.15) is 0 Å². The third-order valence-corrected chi connectivity index (χ3v) is 3.95. The van der Waals surface area contributed by atoms with Crippen LogP contribution in [-0.2, 0) is 9.59 Å². The molecule has 0 fully saturated rings. The van der Waals surface area contributed by atoms with E-state index in [-0.39, 0.29) is 28.5 Å². The maximum atomic E-state index is 12.6. The van der Waals surface area contributed by atoms with Crippen LogP contribution in [-0.4, -0.2) is 35.7 Å². The Morgan fingerprint density at radius 1 is 1.17 bits per heavy atom. The fraction of sp³-hybridized carbons (Fsp3) is 0.471. The molecule has 1 rings (SSSR count). The van der Waals surface area contributed by atoms with E-state index in [9.17, 15) is 14.4 Å². The van der Waals surface area contributed by atoms with E-state index >= 15 is 0 Å². The topological polar surface area (TPSA) is 72.5 Å². The summed E-state index contributed by atoms with van der Waals surface area (Å²) in [5.41, 5.74) is 0.524. The summed E-state index contributed by atoms with van der Waals surface area (Å²) in [5, 5.41) is 2.61. The Morgan fingerprint density at radius 2 is 1.78 bits per heavy atom. The van der Waals surface area contributed by atoms with Crippen LogP contribution in [0.3, 0.4) is 0 Å². The molecule has 0 spiro atoms. The maximum absolute atomic E-state index is 12.6. The van der Waals surface area contributed by atoms with Crippen molar-refractivity contribution in [2.24, 2.45) is 5.92 Å². The molecule has 126 valence electrons. The molecule has 0 aliphatic carbocycles. The van der Waals surface area contributed by atoms with Crippen molar-refractivity contribution in [1.29, 1.82) is 0 Å². The van der Waals surface area contributed by atoms with Gasteiger partial charge in [0, 0.05) is 12.5 Å². The predicted octanol–water partition coefficient (Wildman–Crippen LogP) is 2.69. The molecule has 0 saturated carbocycles. The lowest BCUT2D eigenvalue weighted by atomic mass is 9.96. The van der Waals surface area contributed by atoms with Crippen molar-refractivity contribution in [3.8, 4) is 5.75 Å². The average Bonchev–Trinajstić information content (AvgIpc) is 2.51. The summed E-state index contributed by atoms with van der Waals surface area (Å²) in [6, 6.07) is 6.21. The number of hydrogen-bond donors (Lipinski definition) is 1. The third-order valence-electron chi connectivity index (χ3n) is 3.14. The minimum atomic E-state index is -0.594. The van der Waals surface area contributed by atoms with Crippen molar-refractivity contribution in [2.75, 3.05) is 12.9 Å². The first-order valence-corrected chi connectivity index (χ1v) is 8.43. The van der Waals surface area contributed by atoms with Gasteiger partial charge in [-0.1, -0.05) is 25.6 Å². The molecule has 0 aromatic heterocycles. The number of Topliss-reactive ketones (excluding diaryl/α,β-unsaturated/α-hetero) is 1. The number of benzene rings is 1. The lowest BCUT2D eigenvalue weighted by Gasteiger charge is -2.19. The molecule has 0 aliphatic heterocycles. The van der Waals surface area contributed by atoms with E-state index in [4.69, 9.17) is 4.74 Å². The van der Waals surface area contributed by atoms with Crippen molar-refractivity contribution < 1.29 is 19.1 Å². The monoisotopic (exact) mass is 337 g/mol. The summed E-state index contributed by atoms with van der Waals surface area (Å²) in [6.45, 7) is 5.39. The van der Waals surface area contributed by atoms with Gasteiger partial charge in [0.25, 0.3) is 0 Å². The van der Waals surface area contributed by atoms with Gasteiger partial charge < -0.3 is 10.1 Å². The Bertz CT molecular complexity index is 554. The summed E-state index contributed by atoms with van der Waals surface area (Å²) in [6.07, 6.45) is 0.543. The first kappa shape index (κ1) is 19.2. The molecule has 1 aromatic rings. The number of carbonyl (C=O) groups is 3. The van der Waals surface area contributed by atoms with E-state index in [1.54, 1.807) is 31.4 Å². The summed E-state index contributed by atoms with van der Waals surface area (Å²) in [4.78, 5) is 35.5. The van der Waals surface area contributed by atoms with Gasteiger partial charge in [0.1, 0.15) is 5.75 Å². The number of ketones is 1. The molecule has 0 heterocycles. The normalized spacial score (nSPS) is 11.9. The van der Waals surface area contributed by atoms with Gasteiger partial charge in [0.15, 0.2) is 10.9 Å². The van der Waals surface area contributed by atoms with Gasteiger partial charge in [-0.25, -0.2) is 0 Å². The first-order chi connectivity index (χ1) is 10.8. The molecule has 5 nitrogen and oxygen atoms in total. The number of hydrogen-bond acceptors (Lipinski definition) is 5. The zero-order chi connectivity index (χ0) is 17.4. The third kappa shape index (κ3) is 6.86. The van der Waals surface area contributed by atoms with Crippen LogP contribution in [0.25, 0.3) is 0 Å². The average molecular weight is 337 g/mol. The smallest absolute Gasteiger partial charge is 0.231 e. The molecule has 1 amide bonds. The largest absolute Gasteiger partial charge is 0.497 e. The SMILES string of the molecule is COc1ccc(C(=O)[C@@H](CC(C)C)NC(=O)CSC(C)=O)cc1. The molecule has 0 saturated heterocycles. The van der Waals surface area contributed by atoms with Crippen molar-refractivity contribution in [3.05, 3.63) is 29.8 Å². The zero-order valence-corrected chi connectivity index (χ0v) is 14.7. The number of methoxy groups -OCH3 is 1. The number of ether oxygens (including phenoxy) is 1. The van der Waals surface area contributed by atoms with Gasteiger partial charge in [-0.15, -0.1) is 0 Å². The van der Waals surface area contributed by atoms with Crippen LogP contribution in [0.15, 0.2) is 24.3 Å². The fourth-order valence-corrected chi connectivity index (χ4v) is 2.48. The van der Waals surface area contributed by atoms with Gasteiger partial charge in [0.05, 0.1) is 18.9 Å². The summed E-state index contributed by atoms with van der Waals surface area (Å²) in [7, 11) is 1.56. The van der Waals surface area contributed by atoms with E-state index < -0.39 is 6.04 Å². The van der Waals surface area contributed by atoms with Crippen LogP contribution in [0.1, 0.15) is 37.6 Å². The van der Waals surface area contributed by atoms with E-state index in [0.29, 0.717) is 17.7 Å². The molecular weight excluding hydrogens is 314 g/mol.